The van der Waals surface area contributed by atoms with E-state index >= 15 is 0 Å². The van der Waals surface area contributed by atoms with Crippen molar-refractivity contribution in [1.29, 1.82) is 0 Å². The first kappa shape index (κ1) is 21.6. The molecule has 31 heavy (non-hydrogen) atoms. The van der Waals surface area contributed by atoms with Crippen molar-refractivity contribution in [2.24, 2.45) is 0 Å². The Kier molecular flexibility index (Phi) is 6.75. The third kappa shape index (κ3) is 5.18. The van der Waals surface area contributed by atoms with Gasteiger partial charge in [-0.25, -0.2) is 0 Å². The Balaban J connectivity index is 1.24. The number of para-hydroxylation sites is 1. The maximum atomic E-state index is 12.8. The van der Waals surface area contributed by atoms with E-state index in [9.17, 15) is 9.59 Å². The molecule has 0 atom stereocenters. The predicted octanol–water partition coefficient (Wildman–Crippen LogP) is 2.49. The molecule has 0 radical (unpaired) electrons. The molecule has 2 heterocycles. The highest BCUT2D eigenvalue weighted by Gasteiger charge is 2.27. The number of benzene rings is 2. The van der Waals surface area contributed by atoms with Crippen LogP contribution in [0.4, 0.5) is 11.4 Å². The molecule has 4 rings (SSSR count). The SMILES string of the molecule is COc1ccc(Cl)cc1NC(=O)CN1CCN(CC(=O)N2CCc3ccccc32)CC1. The van der Waals surface area contributed by atoms with Crippen molar-refractivity contribution < 1.29 is 14.3 Å². The van der Waals surface area contributed by atoms with Gasteiger partial charge in [0.25, 0.3) is 0 Å². The highest BCUT2D eigenvalue weighted by Crippen LogP contribution is 2.28. The number of nitrogens with one attached hydrogen (secondary N) is 1. The van der Waals surface area contributed by atoms with Crippen molar-refractivity contribution in [3.05, 3.63) is 53.1 Å². The minimum absolute atomic E-state index is 0.112. The fourth-order valence-electron chi connectivity index (χ4n) is 4.15. The van der Waals surface area contributed by atoms with Crippen LogP contribution in [0.3, 0.4) is 0 Å². The summed E-state index contributed by atoms with van der Waals surface area (Å²) in [5.74, 6) is 0.604. The lowest BCUT2D eigenvalue weighted by atomic mass is 10.2. The zero-order valence-electron chi connectivity index (χ0n) is 17.6. The summed E-state index contributed by atoms with van der Waals surface area (Å²) in [6, 6.07) is 13.2. The maximum Gasteiger partial charge on any atom is 0.241 e. The number of fused-ring (bicyclic) bond motifs is 1. The molecular formula is C23H27ClN4O3. The molecule has 2 aliphatic heterocycles. The van der Waals surface area contributed by atoms with Gasteiger partial charge < -0.3 is 15.0 Å². The first-order chi connectivity index (χ1) is 15.0. The van der Waals surface area contributed by atoms with Gasteiger partial charge in [0.15, 0.2) is 0 Å². The van der Waals surface area contributed by atoms with Crippen LogP contribution in [0.2, 0.25) is 5.02 Å². The van der Waals surface area contributed by atoms with Crippen molar-refractivity contribution in [2.45, 2.75) is 6.42 Å². The smallest absolute Gasteiger partial charge is 0.241 e. The summed E-state index contributed by atoms with van der Waals surface area (Å²) >= 11 is 6.03. The van der Waals surface area contributed by atoms with Crippen LogP contribution >= 0.6 is 11.6 Å². The Bertz CT molecular complexity index is 960. The summed E-state index contributed by atoms with van der Waals surface area (Å²) in [6.45, 7) is 4.45. The van der Waals surface area contributed by atoms with E-state index in [-0.39, 0.29) is 18.4 Å². The molecule has 0 bridgehead atoms. The highest BCUT2D eigenvalue weighted by atomic mass is 35.5. The summed E-state index contributed by atoms with van der Waals surface area (Å²) in [7, 11) is 1.56. The molecule has 0 saturated carbocycles. The first-order valence-electron chi connectivity index (χ1n) is 10.5. The average Bonchev–Trinajstić information content (AvgIpc) is 3.19. The molecule has 8 heteroatoms. The largest absolute Gasteiger partial charge is 0.495 e. The number of carbonyl (C=O) groups excluding carboxylic acids is 2. The van der Waals surface area contributed by atoms with E-state index in [1.165, 1.54) is 5.56 Å². The normalized spacial score (nSPS) is 16.8. The first-order valence-corrected chi connectivity index (χ1v) is 10.9. The molecule has 2 aliphatic rings. The molecule has 2 aromatic carbocycles. The molecule has 0 aromatic heterocycles. The van der Waals surface area contributed by atoms with Gasteiger partial charge in [-0.1, -0.05) is 29.8 Å². The Morgan fingerprint density at radius 2 is 1.71 bits per heavy atom. The van der Waals surface area contributed by atoms with Gasteiger partial charge in [0.05, 0.1) is 25.9 Å². The number of carbonyl (C=O) groups is 2. The van der Waals surface area contributed by atoms with Gasteiger partial charge in [-0.15, -0.1) is 0 Å². The molecular weight excluding hydrogens is 416 g/mol. The second-order valence-corrected chi connectivity index (χ2v) is 8.31. The molecule has 0 aliphatic carbocycles. The van der Waals surface area contributed by atoms with Gasteiger partial charge in [0.1, 0.15) is 5.75 Å². The van der Waals surface area contributed by atoms with E-state index < -0.39 is 0 Å². The lowest BCUT2D eigenvalue weighted by Gasteiger charge is -2.34. The number of amides is 2. The number of rotatable bonds is 6. The number of hydrogen-bond acceptors (Lipinski definition) is 5. The zero-order valence-corrected chi connectivity index (χ0v) is 18.4. The minimum Gasteiger partial charge on any atom is -0.495 e. The summed E-state index contributed by atoms with van der Waals surface area (Å²) in [5.41, 5.74) is 2.84. The average molecular weight is 443 g/mol. The van der Waals surface area contributed by atoms with Crippen LogP contribution < -0.4 is 15.0 Å². The fourth-order valence-corrected chi connectivity index (χ4v) is 4.32. The van der Waals surface area contributed by atoms with Crippen molar-refractivity contribution in [1.82, 2.24) is 9.80 Å². The number of anilines is 2. The molecule has 0 spiro atoms. The standard InChI is InChI=1S/C23H27ClN4O3/c1-31-21-7-6-18(24)14-19(21)25-22(29)15-26-10-12-27(13-11-26)16-23(30)28-9-8-17-4-2-3-5-20(17)28/h2-7,14H,8-13,15-16H2,1H3,(H,25,29). The van der Waals surface area contributed by atoms with Crippen molar-refractivity contribution in [3.63, 3.8) is 0 Å². The van der Waals surface area contributed by atoms with E-state index in [2.05, 4.69) is 21.2 Å². The maximum absolute atomic E-state index is 12.8. The van der Waals surface area contributed by atoms with Crippen LogP contribution in [0.15, 0.2) is 42.5 Å². The van der Waals surface area contributed by atoms with Crippen LogP contribution in [0.5, 0.6) is 5.75 Å². The van der Waals surface area contributed by atoms with Crippen molar-refractivity contribution >= 4 is 34.8 Å². The highest BCUT2D eigenvalue weighted by molar-refractivity contribution is 6.31. The van der Waals surface area contributed by atoms with Gasteiger partial charge in [-0.3, -0.25) is 19.4 Å². The number of nitrogens with zero attached hydrogens (tertiary/aromatic N) is 3. The van der Waals surface area contributed by atoms with Crippen molar-refractivity contribution in [3.8, 4) is 5.75 Å². The molecule has 0 unspecified atom stereocenters. The van der Waals surface area contributed by atoms with E-state index in [0.717, 1.165) is 44.8 Å². The minimum atomic E-state index is -0.112. The van der Waals surface area contributed by atoms with Crippen LogP contribution in [0, 0.1) is 0 Å². The van der Waals surface area contributed by atoms with Gasteiger partial charge in [0, 0.05) is 43.4 Å². The second-order valence-electron chi connectivity index (χ2n) is 7.87. The van der Waals surface area contributed by atoms with Gasteiger partial charge in [-0.2, -0.15) is 0 Å². The quantitative estimate of drug-likeness (QED) is 0.744. The number of ether oxygens (including phenoxy) is 1. The number of methoxy groups -OCH3 is 1. The number of piperazine rings is 1. The predicted molar refractivity (Wildman–Crippen MR) is 122 cm³/mol. The Labute approximate surface area is 187 Å². The number of halogens is 1. The molecule has 1 fully saturated rings. The molecule has 2 amide bonds. The fraction of sp³-hybridized carbons (Fsp3) is 0.391. The Morgan fingerprint density at radius 1 is 1.00 bits per heavy atom. The molecule has 164 valence electrons. The van der Waals surface area contributed by atoms with Crippen molar-refractivity contribution in [2.75, 3.05) is 63.1 Å². The van der Waals surface area contributed by atoms with E-state index in [0.29, 0.717) is 23.0 Å². The van der Waals surface area contributed by atoms with Crippen LogP contribution in [-0.4, -0.2) is 74.5 Å². The number of hydrogen-bond donors (Lipinski definition) is 1. The summed E-state index contributed by atoms with van der Waals surface area (Å²) in [6.07, 6.45) is 0.919. The third-order valence-corrected chi connectivity index (χ3v) is 6.05. The van der Waals surface area contributed by atoms with Gasteiger partial charge in [0.2, 0.25) is 11.8 Å². The van der Waals surface area contributed by atoms with E-state index in [1.54, 1.807) is 25.3 Å². The monoisotopic (exact) mass is 442 g/mol. The summed E-state index contributed by atoms with van der Waals surface area (Å²) < 4.78 is 5.28. The topological polar surface area (TPSA) is 65.1 Å². The summed E-state index contributed by atoms with van der Waals surface area (Å²) in [5, 5.41) is 3.41. The van der Waals surface area contributed by atoms with Crippen LogP contribution in [0.1, 0.15) is 5.56 Å². The zero-order chi connectivity index (χ0) is 21.8. The molecule has 7 nitrogen and oxygen atoms in total. The van der Waals surface area contributed by atoms with Gasteiger partial charge >= 0.3 is 0 Å². The second kappa shape index (κ2) is 9.68. The van der Waals surface area contributed by atoms with E-state index in [4.69, 9.17) is 16.3 Å². The lowest BCUT2D eigenvalue weighted by molar-refractivity contribution is -0.121. The Morgan fingerprint density at radius 3 is 2.45 bits per heavy atom. The van der Waals surface area contributed by atoms with Crippen LogP contribution in [-0.2, 0) is 16.0 Å². The van der Waals surface area contributed by atoms with Gasteiger partial charge in [-0.05, 0) is 36.2 Å². The Hall–Kier alpha value is -2.61. The van der Waals surface area contributed by atoms with Crippen LogP contribution in [0.25, 0.3) is 0 Å². The third-order valence-electron chi connectivity index (χ3n) is 5.81. The molecule has 1 saturated heterocycles. The molecule has 1 N–H and O–H groups in total. The molecule has 2 aromatic rings. The lowest BCUT2D eigenvalue weighted by Crippen LogP contribution is -2.51. The summed E-state index contributed by atoms with van der Waals surface area (Å²) in [4.78, 5) is 31.5. The van der Waals surface area contributed by atoms with E-state index in [1.807, 2.05) is 23.1 Å².